The van der Waals surface area contributed by atoms with Gasteiger partial charge in [0, 0.05) is 56.7 Å². The van der Waals surface area contributed by atoms with E-state index in [-0.39, 0.29) is 21.1 Å². The second kappa shape index (κ2) is 12.8. The summed E-state index contributed by atoms with van der Waals surface area (Å²) in [5, 5.41) is 4.71. The number of hydrogen-bond acceptors (Lipinski definition) is 2. The fourth-order valence-electron chi connectivity index (χ4n) is 5.03. The van der Waals surface area contributed by atoms with Crippen molar-refractivity contribution in [3.63, 3.8) is 0 Å². The molecule has 42 heavy (non-hydrogen) atoms. The fourth-order valence-corrected chi connectivity index (χ4v) is 5.03. The number of nitrogens with zero attached hydrogens (tertiary/aromatic N) is 4. The molecule has 0 unspecified atom stereocenters. The van der Waals surface area contributed by atoms with Crippen LogP contribution >= 0.6 is 0 Å². The molecule has 6 aromatic rings. The van der Waals surface area contributed by atoms with Crippen molar-refractivity contribution in [2.24, 2.45) is 0 Å². The first-order valence-electron chi connectivity index (χ1n) is 13.9. The van der Waals surface area contributed by atoms with Crippen LogP contribution in [0.3, 0.4) is 0 Å². The maximum absolute atomic E-state index is 6.20. The SMILES string of the molecule is CC(C)c1cccc(C(C)C)c1-c1cnn(-c2[c-]c(Oc3[c-]c(-n4[c-][n+](-c5ccccc5)cc4)ccc3)ccc2)c1.[Pt]. The Morgan fingerprint density at radius 3 is 2.02 bits per heavy atom. The maximum atomic E-state index is 6.20. The van der Waals surface area contributed by atoms with E-state index < -0.39 is 0 Å². The molecule has 0 aliphatic heterocycles. The number of aromatic nitrogens is 4. The van der Waals surface area contributed by atoms with Crippen LogP contribution in [0.15, 0.2) is 110 Å². The summed E-state index contributed by atoms with van der Waals surface area (Å²) < 4.78 is 11.9. The number of benzene rings is 4. The molecular weight excluding hydrogens is 700 g/mol. The monoisotopic (exact) mass is 731 g/mol. The van der Waals surface area contributed by atoms with E-state index in [9.17, 15) is 0 Å². The van der Waals surface area contributed by atoms with E-state index >= 15 is 0 Å². The summed E-state index contributed by atoms with van der Waals surface area (Å²) in [4.78, 5) is 0. The summed E-state index contributed by atoms with van der Waals surface area (Å²) in [5.74, 6) is 2.01. The Bertz CT molecular complexity index is 1760. The molecule has 0 saturated heterocycles. The Morgan fingerprint density at radius 1 is 0.738 bits per heavy atom. The van der Waals surface area contributed by atoms with Crippen molar-refractivity contribution in [2.45, 2.75) is 39.5 Å². The molecule has 6 heteroatoms. The number of para-hydroxylation sites is 1. The van der Waals surface area contributed by atoms with Crippen LogP contribution in [-0.4, -0.2) is 14.3 Å². The van der Waals surface area contributed by atoms with Gasteiger partial charge in [-0.25, -0.2) is 0 Å². The molecule has 0 spiro atoms. The van der Waals surface area contributed by atoms with Gasteiger partial charge in [-0.3, -0.25) is 9.25 Å². The minimum absolute atomic E-state index is 0. The Labute approximate surface area is 262 Å². The number of rotatable bonds is 8. The molecule has 0 atom stereocenters. The molecule has 0 fully saturated rings. The van der Waals surface area contributed by atoms with Crippen LogP contribution in [0.2, 0.25) is 0 Å². The van der Waals surface area contributed by atoms with Gasteiger partial charge in [0.25, 0.3) is 6.33 Å². The molecule has 4 aromatic carbocycles. The molecule has 0 aliphatic carbocycles. The maximum Gasteiger partial charge on any atom is 0.267 e. The van der Waals surface area contributed by atoms with Gasteiger partial charge in [-0.15, -0.1) is 30.3 Å². The first kappa shape index (κ1) is 29.3. The van der Waals surface area contributed by atoms with Crippen LogP contribution in [0.5, 0.6) is 11.5 Å². The van der Waals surface area contributed by atoms with Crippen molar-refractivity contribution in [1.82, 2.24) is 14.3 Å². The first-order chi connectivity index (χ1) is 20.0. The van der Waals surface area contributed by atoms with E-state index in [1.54, 1.807) is 0 Å². The Morgan fingerprint density at radius 2 is 1.36 bits per heavy atom. The van der Waals surface area contributed by atoms with Crippen molar-refractivity contribution in [3.8, 4) is 39.7 Å². The van der Waals surface area contributed by atoms with Crippen LogP contribution in [0.4, 0.5) is 0 Å². The molecule has 2 aromatic heterocycles. The van der Waals surface area contributed by atoms with Crippen molar-refractivity contribution in [3.05, 3.63) is 139 Å². The number of ether oxygens (including phenoxy) is 1. The summed E-state index contributed by atoms with van der Waals surface area (Å²) in [7, 11) is 0. The van der Waals surface area contributed by atoms with Gasteiger partial charge in [-0.05, 0) is 52.0 Å². The second-order valence-electron chi connectivity index (χ2n) is 10.7. The zero-order valence-electron chi connectivity index (χ0n) is 24.1. The van der Waals surface area contributed by atoms with E-state index in [2.05, 4.69) is 70.6 Å². The van der Waals surface area contributed by atoms with E-state index in [1.807, 2.05) is 99.1 Å². The second-order valence-corrected chi connectivity index (χ2v) is 10.7. The zero-order chi connectivity index (χ0) is 28.3. The quantitative estimate of drug-likeness (QED) is 0.117. The summed E-state index contributed by atoms with van der Waals surface area (Å²) in [6, 6.07) is 35.1. The van der Waals surface area contributed by atoms with E-state index in [0.29, 0.717) is 23.3 Å². The topological polar surface area (TPSA) is 35.9 Å². The van der Waals surface area contributed by atoms with Crippen molar-refractivity contribution < 1.29 is 30.4 Å². The largest absolute Gasteiger partial charge is 0.510 e. The van der Waals surface area contributed by atoms with Crippen LogP contribution < -0.4 is 9.30 Å². The molecule has 0 N–H and O–H groups in total. The third-order valence-corrected chi connectivity index (χ3v) is 7.09. The molecule has 0 aliphatic rings. The number of imidazole rings is 1. The first-order valence-corrected chi connectivity index (χ1v) is 13.9. The summed E-state index contributed by atoms with van der Waals surface area (Å²) in [6.45, 7) is 8.96. The molecule has 0 radical (unpaired) electrons. The van der Waals surface area contributed by atoms with Gasteiger partial charge in [0.15, 0.2) is 0 Å². The van der Waals surface area contributed by atoms with Gasteiger partial charge in [-0.1, -0.05) is 64.1 Å². The minimum Gasteiger partial charge on any atom is -0.510 e. The Kier molecular flexibility index (Phi) is 8.89. The van der Waals surface area contributed by atoms with Gasteiger partial charge < -0.3 is 9.30 Å². The van der Waals surface area contributed by atoms with E-state index in [0.717, 1.165) is 22.6 Å². The molecule has 214 valence electrons. The van der Waals surface area contributed by atoms with Gasteiger partial charge >= 0.3 is 0 Å². The summed E-state index contributed by atoms with van der Waals surface area (Å²) >= 11 is 0. The van der Waals surface area contributed by atoms with Crippen molar-refractivity contribution in [2.75, 3.05) is 0 Å². The van der Waals surface area contributed by atoms with E-state index in [1.165, 1.54) is 16.7 Å². The average Bonchev–Trinajstić information content (AvgIpc) is 3.69. The third-order valence-electron chi connectivity index (χ3n) is 7.09. The molecule has 2 heterocycles. The van der Waals surface area contributed by atoms with Crippen LogP contribution in [0, 0.1) is 18.5 Å². The van der Waals surface area contributed by atoms with Gasteiger partial charge in [-0.2, -0.15) is 23.3 Å². The normalized spacial score (nSPS) is 11.1. The fraction of sp³-hybridized carbons (Fsp3) is 0.167. The molecule has 0 amide bonds. The molecule has 0 saturated carbocycles. The van der Waals surface area contributed by atoms with Crippen molar-refractivity contribution >= 4 is 0 Å². The summed E-state index contributed by atoms with van der Waals surface area (Å²) in [5.41, 5.74) is 7.73. The molecular formula is C36H32N4OPt-2. The standard InChI is InChI=1S/C36H32N4O.Pt/c1-26(2)34-17-10-18-35(27(3)4)36(34)28-23-37-40(24-28)31-14-9-16-33(22-31)41-32-15-8-13-30(21-32)39-20-19-38(25-39)29-11-6-5-7-12-29;/h5-20,23-24,26-27H,1-4H3;/q-2;. The van der Waals surface area contributed by atoms with Crippen LogP contribution in [0.1, 0.15) is 50.7 Å². The van der Waals surface area contributed by atoms with Gasteiger partial charge in [0.05, 0.1) is 11.9 Å². The van der Waals surface area contributed by atoms with Gasteiger partial charge in [0.1, 0.15) is 0 Å². The predicted molar refractivity (Wildman–Crippen MR) is 161 cm³/mol. The minimum atomic E-state index is 0. The van der Waals surface area contributed by atoms with Crippen molar-refractivity contribution in [1.29, 1.82) is 0 Å². The predicted octanol–water partition coefficient (Wildman–Crippen LogP) is 8.04. The third kappa shape index (κ3) is 6.17. The zero-order valence-corrected chi connectivity index (χ0v) is 26.3. The Hall–Kier alpha value is -4.21. The van der Waals surface area contributed by atoms with Crippen LogP contribution in [0.25, 0.3) is 28.2 Å². The molecule has 6 rings (SSSR count). The Balaban J connectivity index is 0.00000353. The smallest absolute Gasteiger partial charge is 0.267 e. The molecule has 5 nitrogen and oxygen atoms in total. The van der Waals surface area contributed by atoms with E-state index in [4.69, 9.17) is 9.84 Å². The summed E-state index contributed by atoms with van der Waals surface area (Å²) in [6.07, 6.45) is 11.3. The van der Waals surface area contributed by atoms with Gasteiger partial charge in [0.2, 0.25) is 0 Å². The average molecular weight is 732 g/mol. The molecule has 0 bridgehead atoms. The number of hydrogen-bond donors (Lipinski definition) is 0. The van der Waals surface area contributed by atoms with Crippen LogP contribution in [-0.2, 0) is 21.1 Å².